The van der Waals surface area contributed by atoms with Crippen LogP contribution in [0.5, 0.6) is 0 Å². The second kappa shape index (κ2) is 2.83. The minimum atomic E-state index is 0.00414. The maximum atomic E-state index is 6.57. The molecular weight excluding hydrogens is 170 g/mol. The Hall–Kier alpha value is -0.820. The van der Waals surface area contributed by atoms with Crippen LogP contribution >= 0.6 is 0 Å². The van der Waals surface area contributed by atoms with Crippen molar-refractivity contribution in [2.24, 2.45) is 17.6 Å². The van der Waals surface area contributed by atoms with Gasteiger partial charge in [-0.2, -0.15) is 0 Å². The standard InChI is InChI=1S/C13H17N/c14-13(11-4-2-1-3-5-11)9-10-6-7-12(13)8-10/h1-5,10,12H,6-9,14H2. The summed E-state index contributed by atoms with van der Waals surface area (Å²) >= 11 is 0. The molecule has 0 radical (unpaired) electrons. The fourth-order valence-electron chi connectivity index (χ4n) is 3.47. The number of fused-ring (bicyclic) bond motifs is 2. The summed E-state index contributed by atoms with van der Waals surface area (Å²) in [5.41, 5.74) is 7.92. The van der Waals surface area contributed by atoms with Crippen molar-refractivity contribution in [2.75, 3.05) is 0 Å². The van der Waals surface area contributed by atoms with Gasteiger partial charge in [0, 0.05) is 5.54 Å². The summed E-state index contributed by atoms with van der Waals surface area (Å²) in [6.45, 7) is 0. The smallest absolute Gasteiger partial charge is 0.0440 e. The molecule has 2 saturated carbocycles. The van der Waals surface area contributed by atoms with Gasteiger partial charge in [-0.1, -0.05) is 36.8 Å². The van der Waals surface area contributed by atoms with Crippen molar-refractivity contribution in [1.82, 2.24) is 0 Å². The fourth-order valence-corrected chi connectivity index (χ4v) is 3.47. The second-order valence-corrected chi connectivity index (χ2v) is 4.99. The van der Waals surface area contributed by atoms with Crippen molar-refractivity contribution < 1.29 is 0 Å². The van der Waals surface area contributed by atoms with Gasteiger partial charge in [-0.05, 0) is 36.7 Å². The molecule has 1 nitrogen and oxygen atoms in total. The summed E-state index contributed by atoms with van der Waals surface area (Å²) in [6.07, 6.45) is 5.33. The predicted octanol–water partition coefficient (Wildman–Crippen LogP) is 2.66. The topological polar surface area (TPSA) is 26.0 Å². The van der Waals surface area contributed by atoms with E-state index in [0.29, 0.717) is 0 Å². The van der Waals surface area contributed by atoms with Crippen LogP contribution in [0.4, 0.5) is 0 Å². The summed E-state index contributed by atoms with van der Waals surface area (Å²) < 4.78 is 0. The van der Waals surface area contributed by atoms with Crippen LogP contribution in [0, 0.1) is 11.8 Å². The Morgan fingerprint density at radius 2 is 1.93 bits per heavy atom. The molecule has 1 aromatic rings. The molecule has 0 spiro atoms. The second-order valence-electron chi connectivity index (χ2n) is 4.99. The van der Waals surface area contributed by atoms with Crippen LogP contribution < -0.4 is 5.73 Å². The third kappa shape index (κ3) is 1.05. The van der Waals surface area contributed by atoms with E-state index in [2.05, 4.69) is 30.3 Å². The van der Waals surface area contributed by atoms with Gasteiger partial charge in [0.1, 0.15) is 0 Å². The lowest BCUT2D eigenvalue weighted by molar-refractivity contribution is 0.276. The summed E-state index contributed by atoms with van der Waals surface area (Å²) in [6, 6.07) is 10.7. The van der Waals surface area contributed by atoms with Gasteiger partial charge in [0.15, 0.2) is 0 Å². The third-order valence-corrected chi connectivity index (χ3v) is 4.21. The Morgan fingerprint density at radius 3 is 2.50 bits per heavy atom. The molecule has 0 saturated heterocycles. The zero-order valence-electron chi connectivity index (χ0n) is 8.45. The van der Waals surface area contributed by atoms with Crippen molar-refractivity contribution >= 4 is 0 Å². The van der Waals surface area contributed by atoms with Gasteiger partial charge in [0.2, 0.25) is 0 Å². The van der Waals surface area contributed by atoms with Crippen LogP contribution in [0.25, 0.3) is 0 Å². The molecule has 0 amide bonds. The van der Waals surface area contributed by atoms with Crippen LogP contribution in [0.15, 0.2) is 30.3 Å². The van der Waals surface area contributed by atoms with Crippen molar-refractivity contribution in [3.8, 4) is 0 Å². The number of benzene rings is 1. The van der Waals surface area contributed by atoms with Gasteiger partial charge < -0.3 is 5.73 Å². The van der Waals surface area contributed by atoms with E-state index in [1.54, 1.807) is 0 Å². The first-order chi connectivity index (χ1) is 6.79. The van der Waals surface area contributed by atoms with Crippen LogP contribution in [0.2, 0.25) is 0 Å². The van der Waals surface area contributed by atoms with Gasteiger partial charge in [0.25, 0.3) is 0 Å². The van der Waals surface area contributed by atoms with E-state index in [4.69, 9.17) is 5.73 Å². The van der Waals surface area contributed by atoms with E-state index in [1.165, 1.54) is 31.2 Å². The first-order valence-electron chi connectivity index (χ1n) is 5.63. The number of hydrogen-bond acceptors (Lipinski definition) is 1. The van der Waals surface area contributed by atoms with Gasteiger partial charge in [0.05, 0.1) is 0 Å². The monoisotopic (exact) mass is 187 g/mol. The van der Waals surface area contributed by atoms with Gasteiger partial charge in [-0.15, -0.1) is 0 Å². The van der Waals surface area contributed by atoms with E-state index in [-0.39, 0.29) is 5.54 Å². The third-order valence-electron chi connectivity index (χ3n) is 4.21. The van der Waals surface area contributed by atoms with E-state index >= 15 is 0 Å². The van der Waals surface area contributed by atoms with E-state index < -0.39 is 0 Å². The highest BCUT2D eigenvalue weighted by atomic mass is 14.8. The predicted molar refractivity (Wildman–Crippen MR) is 57.8 cm³/mol. The molecule has 2 aliphatic rings. The average Bonchev–Trinajstić information content (AvgIpc) is 2.79. The molecule has 0 heterocycles. The van der Waals surface area contributed by atoms with E-state index in [1.807, 2.05) is 0 Å². The lowest BCUT2D eigenvalue weighted by Gasteiger charge is -2.34. The summed E-state index contributed by atoms with van der Waals surface area (Å²) in [4.78, 5) is 0. The van der Waals surface area contributed by atoms with Crippen molar-refractivity contribution in [3.63, 3.8) is 0 Å². The molecule has 0 aromatic heterocycles. The Labute approximate surface area is 85.3 Å². The summed E-state index contributed by atoms with van der Waals surface area (Å²) in [7, 11) is 0. The average molecular weight is 187 g/mol. The molecule has 14 heavy (non-hydrogen) atoms. The molecule has 0 aliphatic heterocycles. The molecule has 2 N–H and O–H groups in total. The van der Waals surface area contributed by atoms with Gasteiger partial charge in [-0.25, -0.2) is 0 Å². The molecule has 1 heteroatoms. The zero-order chi connectivity index (χ0) is 9.60. The lowest BCUT2D eigenvalue weighted by Crippen LogP contribution is -2.41. The largest absolute Gasteiger partial charge is 0.321 e. The quantitative estimate of drug-likeness (QED) is 0.718. The van der Waals surface area contributed by atoms with Gasteiger partial charge >= 0.3 is 0 Å². The summed E-state index contributed by atoms with van der Waals surface area (Å²) in [5, 5.41) is 0. The SMILES string of the molecule is NC1(c2ccccc2)CC2CCC1C2. The highest BCUT2D eigenvalue weighted by molar-refractivity contribution is 5.28. The normalized spacial score (nSPS) is 40.4. The van der Waals surface area contributed by atoms with Gasteiger partial charge in [-0.3, -0.25) is 0 Å². The molecule has 3 unspecified atom stereocenters. The van der Waals surface area contributed by atoms with Crippen LogP contribution in [0.3, 0.4) is 0 Å². The Bertz CT molecular complexity index is 332. The molecule has 2 fully saturated rings. The van der Waals surface area contributed by atoms with Crippen molar-refractivity contribution in [3.05, 3.63) is 35.9 Å². The number of nitrogens with two attached hydrogens (primary N) is 1. The lowest BCUT2D eigenvalue weighted by atomic mass is 9.77. The van der Waals surface area contributed by atoms with E-state index in [9.17, 15) is 0 Å². The van der Waals surface area contributed by atoms with Crippen molar-refractivity contribution in [1.29, 1.82) is 0 Å². The summed E-state index contributed by atoms with van der Waals surface area (Å²) in [5.74, 6) is 1.65. The Kier molecular flexibility index (Phi) is 1.72. The van der Waals surface area contributed by atoms with Crippen LogP contribution in [-0.4, -0.2) is 0 Å². The minimum Gasteiger partial charge on any atom is -0.321 e. The molecule has 2 bridgehead atoms. The zero-order valence-corrected chi connectivity index (χ0v) is 8.45. The highest BCUT2D eigenvalue weighted by Gasteiger charge is 2.49. The molecular formula is C13H17N. The molecule has 1 aromatic carbocycles. The Morgan fingerprint density at radius 1 is 1.14 bits per heavy atom. The maximum Gasteiger partial charge on any atom is 0.0440 e. The molecule has 3 atom stereocenters. The number of rotatable bonds is 1. The molecule has 2 aliphatic carbocycles. The molecule has 74 valence electrons. The Balaban J connectivity index is 1.98. The minimum absolute atomic E-state index is 0.00414. The first-order valence-corrected chi connectivity index (χ1v) is 5.63. The van der Waals surface area contributed by atoms with Crippen molar-refractivity contribution in [2.45, 2.75) is 31.2 Å². The number of hydrogen-bond donors (Lipinski definition) is 1. The first kappa shape index (κ1) is 8.49. The molecule has 3 rings (SSSR count). The highest BCUT2D eigenvalue weighted by Crippen LogP contribution is 2.53. The fraction of sp³-hybridized carbons (Fsp3) is 0.538. The van der Waals surface area contributed by atoms with E-state index in [0.717, 1.165) is 11.8 Å². The van der Waals surface area contributed by atoms with Crippen LogP contribution in [0.1, 0.15) is 31.2 Å². The maximum absolute atomic E-state index is 6.57. The van der Waals surface area contributed by atoms with Crippen LogP contribution in [-0.2, 0) is 5.54 Å².